The Morgan fingerprint density at radius 2 is 2.33 bits per heavy atom. The molecule has 0 aromatic heterocycles. The molecule has 2 saturated heterocycles. The van der Waals surface area contributed by atoms with Crippen molar-refractivity contribution in [1.82, 2.24) is 4.90 Å². The standard InChI is InChI=1S/C6H9NO2/c1-2-7-5-3-4-6(7)8-9-6/h2H,1,3-5H2. The average Bonchev–Trinajstić information content (AvgIpc) is 2.45. The Hall–Kier alpha value is -0.540. The number of likely N-dealkylation sites (tertiary alicyclic amines) is 1. The van der Waals surface area contributed by atoms with Crippen LogP contribution < -0.4 is 0 Å². The van der Waals surface area contributed by atoms with Crippen LogP contribution in [-0.4, -0.2) is 17.4 Å². The van der Waals surface area contributed by atoms with Crippen LogP contribution in [0.1, 0.15) is 12.8 Å². The van der Waals surface area contributed by atoms with Gasteiger partial charge in [-0.25, -0.2) is 0 Å². The second kappa shape index (κ2) is 1.49. The summed E-state index contributed by atoms with van der Waals surface area (Å²) in [6.45, 7) is 4.65. The summed E-state index contributed by atoms with van der Waals surface area (Å²) in [5.41, 5.74) is 0. The van der Waals surface area contributed by atoms with Gasteiger partial charge in [0.2, 0.25) is 0 Å². The van der Waals surface area contributed by atoms with Crippen LogP contribution in [0.25, 0.3) is 0 Å². The minimum absolute atomic E-state index is 0.373. The molecule has 0 amide bonds. The first-order valence-electron chi connectivity index (χ1n) is 3.13. The van der Waals surface area contributed by atoms with E-state index < -0.39 is 0 Å². The summed E-state index contributed by atoms with van der Waals surface area (Å²) in [6, 6.07) is 0. The maximum Gasteiger partial charge on any atom is 0.310 e. The smallest absolute Gasteiger partial charge is 0.310 e. The van der Waals surface area contributed by atoms with E-state index in [4.69, 9.17) is 9.78 Å². The van der Waals surface area contributed by atoms with Gasteiger partial charge in [-0.2, -0.15) is 9.78 Å². The summed E-state index contributed by atoms with van der Waals surface area (Å²) in [5, 5.41) is 0. The van der Waals surface area contributed by atoms with Crippen LogP contribution in [0.3, 0.4) is 0 Å². The molecule has 0 atom stereocenters. The third kappa shape index (κ3) is 0.587. The molecule has 0 N–H and O–H groups in total. The van der Waals surface area contributed by atoms with E-state index in [1.54, 1.807) is 6.20 Å². The minimum atomic E-state index is -0.373. The maximum atomic E-state index is 4.82. The molecule has 9 heavy (non-hydrogen) atoms. The lowest BCUT2D eigenvalue weighted by molar-refractivity contribution is 0.0850. The summed E-state index contributed by atoms with van der Waals surface area (Å²) in [4.78, 5) is 11.6. The van der Waals surface area contributed by atoms with Crippen LogP contribution in [0.15, 0.2) is 12.8 Å². The SMILES string of the molecule is C=CN1CCCC12OO2. The summed E-state index contributed by atoms with van der Waals surface area (Å²) in [5.74, 6) is -0.373. The lowest BCUT2D eigenvalue weighted by Gasteiger charge is -2.12. The molecule has 2 aliphatic heterocycles. The van der Waals surface area contributed by atoms with Crippen LogP contribution in [0.4, 0.5) is 0 Å². The van der Waals surface area contributed by atoms with Crippen molar-refractivity contribution in [3.63, 3.8) is 0 Å². The lowest BCUT2D eigenvalue weighted by atomic mass is 10.3. The van der Waals surface area contributed by atoms with Crippen molar-refractivity contribution in [3.8, 4) is 0 Å². The fourth-order valence-corrected chi connectivity index (χ4v) is 1.24. The number of hydrogen-bond donors (Lipinski definition) is 0. The molecule has 0 aromatic rings. The Labute approximate surface area is 53.8 Å². The van der Waals surface area contributed by atoms with Gasteiger partial charge in [0, 0.05) is 13.0 Å². The fourth-order valence-electron chi connectivity index (χ4n) is 1.24. The number of hydrogen-bond acceptors (Lipinski definition) is 3. The third-order valence-corrected chi connectivity index (χ3v) is 1.83. The monoisotopic (exact) mass is 127 g/mol. The van der Waals surface area contributed by atoms with E-state index in [0.29, 0.717) is 0 Å². The van der Waals surface area contributed by atoms with E-state index in [0.717, 1.165) is 19.4 Å². The first-order valence-corrected chi connectivity index (χ1v) is 3.13. The number of rotatable bonds is 1. The van der Waals surface area contributed by atoms with Gasteiger partial charge in [0.05, 0.1) is 0 Å². The lowest BCUT2D eigenvalue weighted by Crippen LogP contribution is -2.26. The molecule has 2 heterocycles. The summed E-state index contributed by atoms with van der Waals surface area (Å²) in [6.07, 6.45) is 3.87. The van der Waals surface area contributed by atoms with Crippen molar-refractivity contribution in [2.45, 2.75) is 18.8 Å². The van der Waals surface area contributed by atoms with E-state index in [1.807, 2.05) is 4.90 Å². The molecule has 3 heteroatoms. The minimum Gasteiger partial charge on any atom is -0.324 e. The van der Waals surface area contributed by atoms with Gasteiger partial charge in [-0.15, -0.1) is 0 Å². The molecular weight excluding hydrogens is 118 g/mol. The van der Waals surface area contributed by atoms with Crippen molar-refractivity contribution in [2.75, 3.05) is 6.54 Å². The molecule has 0 aliphatic carbocycles. The highest BCUT2D eigenvalue weighted by atomic mass is 17.4. The molecular formula is C6H9NO2. The van der Waals surface area contributed by atoms with Gasteiger partial charge in [-0.05, 0) is 12.6 Å². The fraction of sp³-hybridized carbons (Fsp3) is 0.667. The predicted octanol–water partition coefficient (Wildman–Crippen LogP) is 0.841. The van der Waals surface area contributed by atoms with Gasteiger partial charge < -0.3 is 4.90 Å². The summed E-state index contributed by atoms with van der Waals surface area (Å²) in [7, 11) is 0. The van der Waals surface area contributed by atoms with E-state index >= 15 is 0 Å². The predicted molar refractivity (Wildman–Crippen MR) is 31.0 cm³/mol. The largest absolute Gasteiger partial charge is 0.324 e. The van der Waals surface area contributed by atoms with Gasteiger partial charge in [-0.1, -0.05) is 6.58 Å². The molecule has 0 unspecified atom stereocenters. The molecule has 0 radical (unpaired) electrons. The molecule has 2 aliphatic rings. The topological polar surface area (TPSA) is 28.3 Å². The van der Waals surface area contributed by atoms with E-state index in [9.17, 15) is 0 Å². The zero-order valence-corrected chi connectivity index (χ0v) is 5.17. The van der Waals surface area contributed by atoms with Gasteiger partial charge in [0.25, 0.3) is 0 Å². The summed E-state index contributed by atoms with van der Waals surface area (Å²) >= 11 is 0. The number of nitrogens with zero attached hydrogens (tertiary/aromatic N) is 1. The van der Waals surface area contributed by atoms with Gasteiger partial charge >= 0.3 is 5.91 Å². The molecule has 0 bridgehead atoms. The Bertz CT molecular complexity index is 142. The Kier molecular flexibility index (Phi) is 0.870. The van der Waals surface area contributed by atoms with Crippen molar-refractivity contribution in [2.24, 2.45) is 0 Å². The van der Waals surface area contributed by atoms with Gasteiger partial charge in [0.15, 0.2) is 0 Å². The van der Waals surface area contributed by atoms with Crippen molar-refractivity contribution in [3.05, 3.63) is 12.8 Å². The second-order valence-electron chi connectivity index (χ2n) is 2.36. The highest BCUT2D eigenvalue weighted by Crippen LogP contribution is 2.42. The van der Waals surface area contributed by atoms with Gasteiger partial charge in [-0.3, -0.25) is 0 Å². The Morgan fingerprint density at radius 1 is 1.56 bits per heavy atom. The molecule has 50 valence electrons. The highest BCUT2D eigenvalue weighted by Gasteiger charge is 2.56. The van der Waals surface area contributed by atoms with Crippen LogP contribution in [-0.2, 0) is 9.78 Å². The zero-order valence-electron chi connectivity index (χ0n) is 5.17. The highest BCUT2D eigenvalue weighted by molar-refractivity contribution is 4.89. The first-order chi connectivity index (χ1) is 4.37. The van der Waals surface area contributed by atoms with Crippen molar-refractivity contribution >= 4 is 0 Å². The second-order valence-corrected chi connectivity index (χ2v) is 2.36. The van der Waals surface area contributed by atoms with E-state index in [1.165, 1.54) is 0 Å². The van der Waals surface area contributed by atoms with Gasteiger partial charge in [0.1, 0.15) is 0 Å². The maximum absolute atomic E-state index is 4.82. The first kappa shape index (κ1) is 5.26. The zero-order chi connectivity index (χ0) is 6.32. The molecule has 2 fully saturated rings. The normalized spacial score (nSPS) is 29.1. The van der Waals surface area contributed by atoms with Crippen LogP contribution in [0.2, 0.25) is 0 Å². The third-order valence-electron chi connectivity index (χ3n) is 1.83. The molecule has 1 spiro atoms. The van der Waals surface area contributed by atoms with E-state index in [-0.39, 0.29) is 5.91 Å². The molecule has 0 aromatic carbocycles. The van der Waals surface area contributed by atoms with Crippen LogP contribution >= 0.6 is 0 Å². The Balaban J connectivity index is 2.13. The van der Waals surface area contributed by atoms with Crippen LogP contribution in [0, 0.1) is 0 Å². The van der Waals surface area contributed by atoms with Crippen molar-refractivity contribution < 1.29 is 9.78 Å². The van der Waals surface area contributed by atoms with Crippen LogP contribution in [0.5, 0.6) is 0 Å². The van der Waals surface area contributed by atoms with Crippen molar-refractivity contribution in [1.29, 1.82) is 0 Å². The quantitative estimate of drug-likeness (QED) is 0.386. The molecule has 3 nitrogen and oxygen atoms in total. The molecule has 0 saturated carbocycles. The average molecular weight is 127 g/mol. The summed E-state index contributed by atoms with van der Waals surface area (Å²) < 4.78 is 0. The molecule has 2 rings (SSSR count). The van der Waals surface area contributed by atoms with E-state index in [2.05, 4.69) is 6.58 Å². The Morgan fingerprint density at radius 3 is 2.78 bits per heavy atom.